The smallest absolute Gasteiger partial charge is 0.227 e. The average molecular weight is 437 g/mol. The topological polar surface area (TPSA) is 43.8 Å². The number of rotatable bonds is 4. The predicted octanol–water partition coefficient (Wildman–Crippen LogP) is 4.50. The molecule has 1 amide bonds. The molecule has 170 valence electrons. The first-order valence-electron chi connectivity index (χ1n) is 12.1. The second kappa shape index (κ2) is 8.51. The maximum atomic E-state index is 14.7. The van der Waals surface area contributed by atoms with Crippen LogP contribution in [0, 0.1) is 17.7 Å². The first kappa shape index (κ1) is 21.4. The lowest BCUT2D eigenvalue weighted by Gasteiger charge is -2.42. The Labute approximate surface area is 190 Å². The molecule has 1 aliphatic carbocycles. The molecule has 5 rings (SSSR count). The van der Waals surface area contributed by atoms with E-state index in [-0.39, 0.29) is 29.6 Å². The molecule has 0 radical (unpaired) electrons. The predicted molar refractivity (Wildman–Crippen MR) is 124 cm³/mol. The molecular formula is C27H33FN2O2. The summed E-state index contributed by atoms with van der Waals surface area (Å²) in [7, 11) is 0. The highest BCUT2D eigenvalue weighted by atomic mass is 19.1. The Morgan fingerprint density at radius 3 is 2.59 bits per heavy atom. The van der Waals surface area contributed by atoms with E-state index in [0.717, 1.165) is 31.5 Å². The molecule has 4 nitrogen and oxygen atoms in total. The zero-order chi connectivity index (χ0) is 22.3. The van der Waals surface area contributed by atoms with Crippen LogP contribution in [0.5, 0.6) is 0 Å². The number of carbonyl (C=O) groups is 1. The number of hydrogen-bond acceptors (Lipinski definition) is 3. The van der Waals surface area contributed by atoms with Gasteiger partial charge in [0.05, 0.1) is 12.0 Å². The highest BCUT2D eigenvalue weighted by Crippen LogP contribution is 2.51. The Kier molecular flexibility index (Phi) is 5.70. The molecule has 0 bridgehead atoms. The van der Waals surface area contributed by atoms with Gasteiger partial charge < -0.3 is 14.9 Å². The van der Waals surface area contributed by atoms with Gasteiger partial charge in [-0.25, -0.2) is 4.39 Å². The number of nitrogens with zero attached hydrogens (tertiary/aromatic N) is 2. The van der Waals surface area contributed by atoms with E-state index in [1.54, 1.807) is 18.2 Å². The van der Waals surface area contributed by atoms with E-state index in [2.05, 4.69) is 24.0 Å². The summed E-state index contributed by atoms with van der Waals surface area (Å²) in [6, 6.07) is 14.9. The van der Waals surface area contributed by atoms with Gasteiger partial charge in [0.1, 0.15) is 5.82 Å². The minimum absolute atomic E-state index is 0.0463. The molecule has 32 heavy (non-hydrogen) atoms. The maximum Gasteiger partial charge on any atom is 0.227 e. The fraction of sp³-hybridized carbons (Fsp3) is 0.519. The number of hydrogen-bond donors (Lipinski definition) is 1. The van der Waals surface area contributed by atoms with Crippen molar-refractivity contribution in [3.63, 3.8) is 0 Å². The van der Waals surface area contributed by atoms with Crippen LogP contribution in [0.2, 0.25) is 0 Å². The van der Waals surface area contributed by atoms with E-state index in [0.29, 0.717) is 24.9 Å². The number of likely N-dealkylation sites (tertiary alicyclic amines) is 1. The van der Waals surface area contributed by atoms with E-state index < -0.39 is 5.60 Å². The van der Waals surface area contributed by atoms with Gasteiger partial charge in [-0.15, -0.1) is 0 Å². The standard InChI is InChI=1S/C27H33FN2O2/c1-19-21-10-8-14-27(32,22-11-3-4-12-24(22)28)23(21)18-30(19)26(31)17-20-9-2-5-13-25(20)29-15-6-7-16-29/h2-5,9,11-13,19,21,23,32H,6-8,10,14-18H2,1H3. The van der Waals surface area contributed by atoms with Crippen molar-refractivity contribution in [3.8, 4) is 0 Å². The molecular weight excluding hydrogens is 403 g/mol. The zero-order valence-corrected chi connectivity index (χ0v) is 18.8. The Balaban J connectivity index is 1.38. The van der Waals surface area contributed by atoms with Crippen LogP contribution in [0.25, 0.3) is 0 Å². The number of carbonyl (C=O) groups excluding carboxylic acids is 1. The van der Waals surface area contributed by atoms with Crippen LogP contribution in [-0.2, 0) is 16.8 Å². The lowest BCUT2D eigenvalue weighted by molar-refractivity contribution is -0.131. The number of amides is 1. The largest absolute Gasteiger partial charge is 0.385 e. The second-order valence-corrected chi connectivity index (χ2v) is 9.85. The van der Waals surface area contributed by atoms with E-state index >= 15 is 0 Å². The Morgan fingerprint density at radius 2 is 1.81 bits per heavy atom. The van der Waals surface area contributed by atoms with Crippen molar-refractivity contribution < 1.29 is 14.3 Å². The molecule has 4 atom stereocenters. The fourth-order valence-electron chi connectivity index (χ4n) is 6.49. The molecule has 0 aromatic heterocycles. The van der Waals surface area contributed by atoms with Gasteiger partial charge in [0.25, 0.3) is 0 Å². The van der Waals surface area contributed by atoms with E-state index in [1.807, 2.05) is 17.0 Å². The first-order valence-corrected chi connectivity index (χ1v) is 12.1. The summed E-state index contributed by atoms with van der Waals surface area (Å²) in [5, 5.41) is 11.7. The number of halogens is 1. The fourth-order valence-corrected chi connectivity index (χ4v) is 6.49. The summed E-state index contributed by atoms with van der Waals surface area (Å²) in [4.78, 5) is 17.8. The molecule has 1 N–H and O–H groups in total. The summed E-state index contributed by atoms with van der Waals surface area (Å²) >= 11 is 0. The third-order valence-corrected chi connectivity index (χ3v) is 8.17. The molecule has 3 aliphatic rings. The van der Waals surface area contributed by atoms with Gasteiger partial charge in [-0.05, 0) is 62.6 Å². The minimum atomic E-state index is -1.22. The van der Waals surface area contributed by atoms with Crippen LogP contribution in [0.4, 0.5) is 10.1 Å². The van der Waals surface area contributed by atoms with E-state index in [1.165, 1.54) is 24.6 Å². The van der Waals surface area contributed by atoms with Crippen LogP contribution >= 0.6 is 0 Å². The minimum Gasteiger partial charge on any atom is -0.385 e. The Bertz CT molecular complexity index is 989. The summed E-state index contributed by atoms with van der Waals surface area (Å²) in [5.74, 6) is -0.200. The maximum absolute atomic E-state index is 14.7. The molecule has 1 saturated carbocycles. The van der Waals surface area contributed by atoms with Gasteiger partial charge in [0.2, 0.25) is 5.91 Å². The molecule has 2 heterocycles. The summed E-state index contributed by atoms with van der Waals surface area (Å²) in [5.41, 5.74) is 1.41. The quantitative estimate of drug-likeness (QED) is 0.767. The van der Waals surface area contributed by atoms with Crippen molar-refractivity contribution in [1.82, 2.24) is 4.90 Å². The second-order valence-electron chi connectivity index (χ2n) is 9.85. The van der Waals surface area contributed by atoms with Crippen molar-refractivity contribution >= 4 is 11.6 Å². The normalized spacial score (nSPS) is 29.9. The highest BCUT2D eigenvalue weighted by molar-refractivity contribution is 5.81. The van der Waals surface area contributed by atoms with Gasteiger partial charge in [-0.3, -0.25) is 4.79 Å². The summed E-state index contributed by atoms with van der Waals surface area (Å²) < 4.78 is 14.7. The molecule has 0 spiro atoms. The summed E-state index contributed by atoms with van der Waals surface area (Å²) in [6.45, 7) is 4.68. The SMILES string of the molecule is CC1C2CCCC(O)(c3ccccc3F)C2CN1C(=O)Cc1ccccc1N1CCCC1. The molecule has 2 aliphatic heterocycles. The van der Waals surface area contributed by atoms with Crippen molar-refractivity contribution in [2.45, 2.75) is 57.1 Å². The number of para-hydroxylation sites is 1. The first-order chi connectivity index (χ1) is 15.5. The van der Waals surface area contributed by atoms with Gasteiger partial charge in [0, 0.05) is 42.8 Å². The Hall–Kier alpha value is -2.40. The van der Waals surface area contributed by atoms with E-state index in [4.69, 9.17) is 0 Å². The van der Waals surface area contributed by atoms with Gasteiger partial charge in [-0.1, -0.05) is 36.4 Å². The van der Waals surface area contributed by atoms with Crippen LogP contribution in [0.1, 0.15) is 50.2 Å². The number of fused-ring (bicyclic) bond motifs is 1. The van der Waals surface area contributed by atoms with Crippen LogP contribution in [-0.4, -0.2) is 41.6 Å². The van der Waals surface area contributed by atoms with Gasteiger partial charge in [0.15, 0.2) is 0 Å². The Morgan fingerprint density at radius 1 is 1.09 bits per heavy atom. The van der Waals surface area contributed by atoms with Gasteiger partial charge >= 0.3 is 0 Å². The lowest BCUT2D eigenvalue weighted by atomic mass is 9.66. The summed E-state index contributed by atoms with van der Waals surface area (Å²) in [6.07, 6.45) is 5.12. The van der Waals surface area contributed by atoms with Gasteiger partial charge in [-0.2, -0.15) is 0 Å². The average Bonchev–Trinajstić information content (AvgIpc) is 3.44. The molecule has 4 unspecified atom stereocenters. The van der Waals surface area contributed by atoms with Crippen LogP contribution in [0.3, 0.4) is 0 Å². The number of anilines is 1. The van der Waals surface area contributed by atoms with Crippen LogP contribution < -0.4 is 4.90 Å². The lowest BCUT2D eigenvalue weighted by Crippen LogP contribution is -2.44. The third-order valence-electron chi connectivity index (χ3n) is 8.17. The van der Waals surface area contributed by atoms with Crippen molar-refractivity contribution in [1.29, 1.82) is 0 Å². The molecule has 5 heteroatoms. The molecule has 2 saturated heterocycles. The van der Waals surface area contributed by atoms with Crippen LogP contribution in [0.15, 0.2) is 48.5 Å². The molecule has 2 aromatic carbocycles. The van der Waals surface area contributed by atoms with Crippen molar-refractivity contribution in [2.75, 3.05) is 24.5 Å². The number of aliphatic hydroxyl groups is 1. The monoisotopic (exact) mass is 436 g/mol. The third kappa shape index (κ3) is 3.61. The number of benzene rings is 2. The molecule has 3 fully saturated rings. The highest BCUT2D eigenvalue weighted by Gasteiger charge is 2.54. The zero-order valence-electron chi connectivity index (χ0n) is 18.8. The van der Waals surface area contributed by atoms with E-state index in [9.17, 15) is 14.3 Å². The van der Waals surface area contributed by atoms with Crippen molar-refractivity contribution in [2.24, 2.45) is 11.8 Å². The molecule has 2 aromatic rings. The van der Waals surface area contributed by atoms with Crippen molar-refractivity contribution in [3.05, 3.63) is 65.5 Å².